The summed E-state index contributed by atoms with van der Waals surface area (Å²) in [7, 11) is 0. The zero-order valence-corrected chi connectivity index (χ0v) is 21.6. The van der Waals surface area contributed by atoms with Crippen molar-refractivity contribution in [2.45, 2.75) is 64.5 Å². The molecule has 1 heterocycles. The van der Waals surface area contributed by atoms with Gasteiger partial charge in [-0.3, -0.25) is 0 Å². The van der Waals surface area contributed by atoms with E-state index in [9.17, 15) is 5.11 Å². The van der Waals surface area contributed by atoms with E-state index in [0.29, 0.717) is 12.0 Å². The predicted molar refractivity (Wildman–Crippen MR) is 148 cm³/mol. The second-order valence-electron chi connectivity index (χ2n) is 10.7. The molecule has 0 radical (unpaired) electrons. The van der Waals surface area contributed by atoms with Gasteiger partial charge in [0.05, 0.1) is 12.6 Å². The van der Waals surface area contributed by atoms with E-state index in [1.54, 1.807) is 0 Å². The third-order valence-electron chi connectivity index (χ3n) is 8.42. The molecule has 2 aliphatic rings. The summed E-state index contributed by atoms with van der Waals surface area (Å²) in [6.45, 7) is 4.88. The Morgan fingerprint density at radius 1 is 0.917 bits per heavy atom. The standard InChI is InChI=1S/C32H40N2O2/c1-2-25-8-3-4-11-31(25)36-23-24-18-28(26-9-7-10-27(20-26)30(33)22-35)21-29(19-24)34-16-14-32(15-17-34)12-5-6-13-32/h3-4,7-11,18-21,30,35H,2,5-6,12-17,22-23,33H2,1H3/t30-/m1/s1. The summed E-state index contributed by atoms with van der Waals surface area (Å²) in [5.74, 6) is 0.962. The van der Waals surface area contributed by atoms with Gasteiger partial charge in [-0.05, 0) is 95.7 Å². The van der Waals surface area contributed by atoms with Gasteiger partial charge in [0.25, 0.3) is 0 Å². The fourth-order valence-corrected chi connectivity index (χ4v) is 6.12. The Labute approximate surface area is 216 Å². The van der Waals surface area contributed by atoms with E-state index in [0.717, 1.165) is 36.4 Å². The Bertz CT molecular complexity index is 1160. The van der Waals surface area contributed by atoms with Crippen molar-refractivity contribution in [3.63, 3.8) is 0 Å². The molecule has 4 heteroatoms. The van der Waals surface area contributed by atoms with Crippen LogP contribution in [0.3, 0.4) is 0 Å². The first-order valence-corrected chi connectivity index (χ1v) is 13.7. The number of ether oxygens (including phenoxy) is 1. The summed E-state index contributed by atoms with van der Waals surface area (Å²) in [6.07, 6.45) is 9.19. The van der Waals surface area contributed by atoms with Gasteiger partial charge in [0, 0.05) is 18.8 Å². The molecule has 1 aliphatic heterocycles. The van der Waals surface area contributed by atoms with Gasteiger partial charge >= 0.3 is 0 Å². The van der Waals surface area contributed by atoms with Crippen LogP contribution in [-0.4, -0.2) is 24.8 Å². The van der Waals surface area contributed by atoms with Crippen LogP contribution < -0.4 is 15.4 Å². The number of nitrogens with zero attached hydrogens (tertiary/aromatic N) is 1. The van der Waals surface area contributed by atoms with E-state index in [1.807, 2.05) is 18.2 Å². The van der Waals surface area contributed by atoms with Crippen LogP contribution in [0.5, 0.6) is 5.75 Å². The van der Waals surface area contributed by atoms with Crippen molar-refractivity contribution in [3.05, 3.63) is 83.4 Å². The number of aliphatic hydroxyl groups is 1. The van der Waals surface area contributed by atoms with Gasteiger partial charge in [-0.15, -0.1) is 0 Å². The Hall–Kier alpha value is -2.82. The van der Waals surface area contributed by atoms with Crippen LogP contribution in [0.1, 0.15) is 68.2 Å². The van der Waals surface area contributed by atoms with Crippen molar-refractivity contribution in [3.8, 4) is 16.9 Å². The van der Waals surface area contributed by atoms with Crippen LogP contribution >= 0.6 is 0 Å². The fraction of sp³-hybridized carbons (Fsp3) is 0.438. The molecule has 0 bridgehead atoms. The maximum absolute atomic E-state index is 9.57. The monoisotopic (exact) mass is 484 g/mol. The lowest BCUT2D eigenvalue weighted by Crippen LogP contribution is -2.38. The van der Waals surface area contributed by atoms with Crippen LogP contribution in [0.2, 0.25) is 0 Å². The molecule has 5 rings (SSSR count). The zero-order chi connectivity index (χ0) is 25.0. The Balaban J connectivity index is 1.44. The second kappa shape index (κ2) is 11.1. The average Bonchev–Trinajstić information content (AvgIpc) is 3.39. The number of nitrogens with two attached hydrogens (primary N) is 1. The van der Waals surface area contributed by atoms with Crippen molar-refractivity contribution in [1.29, 1.82) is 0 Å². The number of rotatable bonds is 8. The number of benzene rings is 3. The van der Waals surface area contributed by atoms with Gasteiger partial charge in [-0.1, -0.05) is 56.2 Å². The number of hydrogen-bond donors (Lipinski definition) is 2. The zero-order valence-electron chi connectivity index (χ0n) is 21.6. The molecule has 3 N–H and O–H groups in total. The predicted octanol–water partition coefficient (Wildman–Crippen LogP) is 6.65. The largest absolute Gasteiger partial charge is 0.489 e. The van der Waals surface area contributed by atoms with E-state index in [-0.39, 0.29) is 12.6 Å². The highest BCUT2D eigenvalue weighted by molar-refractivity contribution is 5.70. The summed E-state index contributed by atoms with van der Waals surface area (Å²) in [6, 6.07) is 23.1. The van der Waals surface area contributed by atoms with Crippen LogP contribution in [0.4, 0.5) is 5.69 Å². The second-order valence-corrected chi connectivity index (χ2v) is 10.7. The molecule has 3 aromatic carbocycles. The SMILES string of the molecule is CCc1ccccc1OCc1cc(-c2cccc([C@H](N)CO)c2)cc(N2CCC3(CCCC3)CC2)c1. The van der Waals surface area contributed by atoms with Gasteiger partial charge in [0.1, 0.15) is 12.4 Å². The third kappa shape index (κ3) is 5.45. The Kier molecular flexibility index (Phi) is 7.64. The first kappa shape index (κ1) is 24.9. The Morgan fingerprint density at radius 3 is 2.44 bits per heavy atom. The quantitative estimate of drug-likeness (QED) is 0.376. The Morgan fingerprint density at radius 2 is 1.69 bits per heavy atom. The summed E-state index contributed by atoms with van der Waals surface area (Å²) in [5.41, 5.74) is 13.7. The lowest BCUT2D eigenvalue weighted by molar-refractivity contribution is 0.226. The molecule has 4 nitrogen and oxygen atoms in total. The maximum Gasteiger partial charge on any atom is 0.122 e. The minimum Gasteiger partial charge on any atom is -0.489 e. The van der Waals surface area contributed by atoms with Gasteiger partial charge in [-0.25, -0.2) is 0 Å². The molecule has 0 amide bonds. The van der Waals surface area contributed by atoms with Crippen molar-refractivity contribution in [2.24, 2.45) is 11.1 Å². The smallest absolute Gasteiger partial charge is 0.122 e. The summed E-state index contributed by atoms with van der Waals surface area (Å²) < 4.78 is 6.33. The summed E-state index contributed by atoms with van der Waals surface area (Å²) >= 11 is 0. The maximum atomic E-state index is 9.57. The molecule has 3 aromatic rings. The summed E-state index contributed by atoms with van der Waals surface area (Å²) in [5, 5.41) is 9.57. The van der Waals surface area contributed by atoms with Gasteiger partial charge in [0.15, 0.2) is 0 Å². The highest BCUT2D eigenvalue weighted by Crippen LogP contribution is 2.47. The minimum atomic E-state index is -0.369. The van der Waals surface area contributed by atoms with E-state index in [4.69, 9.17) is 10.5 Å². The first-order chi connectivity index (χ1) is 17.6. The van der Waals surface area contributed by atoms with E-state index in [2.05, 4.69) is 60.4 Å². The van der Waals surface area contributed by atoms with Crippen molar-refractivity contribution >= 4 is 5.69 Å². The van der Waals surface area contributed by atoms with E-state index < -0.39 is 0 Å². The van der Waals surface area contributed by atoms with Crippen molar-refractivity contribution < 1.29 is 9.84 Å². The minimum absolute atomic E-state index is 0.0606. The topological polar surface area (TPSA) is 58.7 Å². The molecule has 1 saturated carbocycles. The number of anilines is 1. The van der Waals surface area contributed by atoms with Crippen molar-refractivity contribution in [2.75, 3.05) is 24.6 Å². The lowest BCUT2D eigenvalue weighted by atomic mass is 9.77. The molecule has 2 fully saturated rings. The van der Waals surface area contributed by atoms with Crippen LogP contribution in [0.15, 0.2) is 66.7 Å². The molecule has 0 unspecified atom stereocenters. The normalized spacial score (nSPS) is 17.9. The van der Waals surface area contributed by atoms with Gasteiger partial charge in [-0.2, -0.15) is 0 Å². The molecular weight excluding hydrogens is 444 g/mol. The molecule has 190 valence electrons. The van der Waals surface area contributed by atoms with Gasteiger partial charge in [0.2, 0.25) is 0 Å². The lowest BCUT2D eigenvalue weighted by Gasteiger charge is -2.40. The molecule has 1 aliphatic carbocycles. The molecule has 0 aromatic heterocycles. The van der Waals surface area contributed by atoms with Crippen LogP contribution in [0, 0.1) is 5.41 Å². The first-order valence-electron chi connectivity index (χ1n) is 13.7. The third-order valence-corrected chi connectivity index (χ3v) is 8.42. The number of aryl methyl sites for hydroxylation is 1. The number of para-hydroxylation sites is 1. The van der Waals surface area contributed by atoms with Crippen LogP contribution in [0.25, 0.3) is 11.1 Å². The summed E-state index contributed by atoms with van der Waals surface area (Å²) in [4.78, 5) is 2.57. The molecule has 1 saturated heterocycles. The highest BCUT2D eigenvalue weighted by atomic mass is 16.5. The fourth-order valence-electron chi connectivity index (χ4n) is 6.12. The number of aliphatic hydroxyl groups excluding tert-OH is 1. The average molecular weight is 485 g/mol. The number of piperidine rings is 1. The molecule has 1 spiro atoms. The van der Waals surface area contributed by atoms with E-state index >= 15 is 0 Å². The van der Waals surface area contributed by atoms with Crippen molar-refractivity contribution in [1.82, 2.24) is 0 Å². The number of hydrogen-bond acceptors (Lipinski definition) is 4. The molecule has 36 heavy (non-hydrogen) atoms. The van der Waals surface area contributed by atoms with E-state index in [1.165, 1.54) is 60.9 Å². The molecular formula is C32H40N2O2. The molecule has 1 atom stereocenters. The highest BCUT2D eigenvalue weighted by Gasteiger charge is 2.37. The van der Waals surface area contributed by atoms with Gasteiger partial charge < -0.3 is 20.5 Å². The van der Waals surface area contributed by atoms with Crippen LogP contribution in [-0.2, 0) is 13.0 Å².